The number of hydrogen-bond acceptors (Lipinski definition) is 6. The quantitative estimate of drug-likeness (QED) is 0.477. The molecule has 1 atom stereocenters. The summed E-state index contributed by atoms with van der Waals surface area (Å²) in [5.74, 6) is -1.49. The van der Waals surface area contributed by atoms with Crippen LogP contribution in [0.3, 0.4) is 0 Å². The van der Waals surface area contributed by atoms with E-state index < -0.39 is 27.9 Å². The molecular formula is C10H20N2O6S. The van der Waals surface area contributed by atoms with Gasteiger partial charge in [0.2, 0.25) is 0 Å². The Bertz CT molecular complexity index is 391. The minimum Gasteiger partial charge on any atom is -0.481 e. The zero-order chi connectivity index (χ0) is 14.5. The molecule has 1 heterocycles. The highest BCUT2D eigenvalue weighted by molar-refractivity contribution is 7.85. The summed E-state index contributed by atoms with van der Waals surface area (Å²) < 4.78 is 29.8. The average molecular weight is 296 g/mol. The third-order valence-corrected chi connectivity index (χ3v) is 3.78. The first-order valence-electron chi connectivity index (χ1n) is 6.06. The van der Waals surface area contributed by atoms with Crippen LogP contribution in [0.5, 0.6) is 0 Å². The van der Waals surface area contributed by atoms with Gasteiger partial charge in [0.05, 0.1) is 12.5 Å². The van der Waals surface area contributed by atoms with Crippen LogP contribution in [-0.2, 0) is 14.9 Å². The van der Waals surface area contributed by atoms with Crippen molar-refractivity contribution in [3.63, 3.8) is 0 Å². The molecule has 0 spiro atoms. The van der Waals surface area contributed by atoms with Gasteiger partial charge in [0.1, 0.15) is 5.75 Å². The van der Waals surface area contributed by atoms with E-state index in [4.69, 9.17) is 9.66 Å². The maximum Gasteiger partial charge on any atom is 0.304 e. The van der Waals surface area contributed by atoms with E-state index in [1.807, 2.05) is 9.80 Å². The minimum atomic E-state index is -4.16. The Morgan fingerprint density at radius 2 is 1.68 bits per heavy atom. The summed E-state index contributed by atoms with van der Waals surface area (Å²) in [6.07, 6.45) is -1.01. The first-order valence-corrected chi connectivity index (χ1v) is 7.67. The molecule has 0 aromatic carbocycles. The van der Waals surface area contributed by atoms with E-state index in [1.165, 1.54) is 0 Å². The molecule has 1 rings (SSSR count). The molecule has 1 aliphatic heterocycles. The third-order valence-electron chi connectivity index (χ3n) is 2.98. The van der Waals surface area contributed by atoms with E-state index in [0.29, 0.717) is 32.7 Å². The molecule has 0 radical (unpaired) electrons. The number of aliphatic hydroxyl groups is 1. The van der Waals surface area contributed by atoms with Crippen LogP contribution in [0.4, 0.5) is 0 Å². The number of carbonyl (C=O) groups is 1. The van der Waals surface area contributed by atoms with Crippen molar-refractivity contribution < 1.29 is 28.0 Å². The van der Waals surface area contributed by atoms with Gasteiger partial charge in [0, 0.05) is 39.3 Å². The van der Waals surface area contributed by atoms with Crippen molar-refractivity contribution in [2.75, 3.05) is 45.0 Å². The molecule has 1 unspecified atom stereocenters. The van der Waals surface area contributed by atoms with Gasteiger partial charge in [0.25, 0.3) is 10.1 Å². The number of aliphatic hydroxyl groups excluding tert-OH is 1. The highest BCUT2D eigenvalue weighted by Crippen LogP contribution is 2.04. The second-order valence-electron chi connectivity index (χ2n) is 4.69. The topological polar surface area (TPSA) is 118 Å². The molecule has 112 valence electrons. The molecule has 0 aromatic rings. The van der Waals surface area contributed by atoms with Gasteiger partial charge in [-0.3, -0.25) is 14.2 Å². The first-order chi connectivity index (χ1) is 8.76. The normalized spacial score (nSPS) is 20.3. The molecule has 0 aliphatic carbocycles. The van der Waals surface area contributed by atoms with Crippen LogP contribution in [0.25, 0.3) is 0 Å². The summed E-state index contributed by atoms with van der Waals surface area (Å²) >= 11 is 0. The molecule has 3 N–H and O–H groups in total. The van der Waals surface area contributed by atoms with Gasteiger partial charge in [-0.05, 0) is 0 Å². The maximum atomic E-state index is 10.6. The van der Waals surface area contributed by atoms with Crippen molar-refractivity contribution in [2.45, 2.75) is 12.5 Å². The number of carboxylic acid groups (broad SMARTS) is 1. The lowest BCUT2D eigenvalue weighted by atomic mass is 10.2. The zero-order valence-electron chi connectivity index (χ0n) is 10.6. The van der Waals surface area contributed by atoms with Gasteiger partial charge in [0.15, 0.2) is 0 Å². The number of piperazine rings is 1. The van der Waals surface area contributed by atoms with Gasteiger partial charge in [-0.25, -0.2) is 0 Å². The van der Waals surface area contributed by atoms with Crippen LogP contribution in [0, 0.1) is 0 Å². The number of carboxylic acids is 1. The Hall–Kier alpha value is -0.740. The van der Waals surface area contributed by atoms with Crippen molar-refractivity contribution in [3.05, 3.63) is 0 Å². The highest BCUT2D eigenvalue weighted by Gasteiger charge is 2.21. The second kappa shape index (κ2) is 7.15. The van der Waals surface area contributed by atoms with E-state index in [1.54, 1.807) is 0 Å². The summed E-state index contributed by atoms with van der Waals surface area (Å²) in [6, 6.07) is 0. The number of aliphatic carboxylic acids is 1. The Morgan fingerprint density at radius 1 is 1.16 bits per heavy atom. The van der Waals surface area contributed by atoms with Crippen LogP contribution in [-0.4, -0.2) is 90.1 Å². The number of hydrogen-bond donors (Lipinski definition) is 3. The highest BCUT2D eigenvalue weighted by atomic mass is 32.2. The fraction of sp³-hybridized carbons (Fsp3) is 0.900. The number of β-amino-alcohol motifs (C(OH)–C–C–N with tert-alkyl or cyclic N) is 1. The summed E-state index contributed by atoms with van der Waals surface area (Å²) in [5.41, 5.74) is 0. The third kappa shape index (κ3) is 7.43. The van der Waals surface area contributed by atoms with Crippen molar-refractivity contribution in [1.29, 1.82) is 0 Å². The van der Waals surface area contributed by atoms with E-state index in [9.17, 15) is 18.3 Å². The van der Waals surface area contributed by atoms with Crippen LogP contribution >= 0.6 is 0 Å². The molecule has 9 heteroatoms. The molecule has 1 fully saturated rings. The number of nitrogens with zero attached hydrogens (tertiary/aromatic N) is 2. The van der Waals surface area contributed by atoms with Gasteiger partial charge >= 0.3 is 5.97 Å². The summed E-state index contributed by atoms with van der Waals surface area (Å²) in [7, 11) is -4.16. The molecule has 0 bridgehead atoms. The fourth-order valence-electron chi connectivity index (χ4n) is 2.04. The van der Waals surface area contributed by atoms with E-state index in [0.717, 1.165) is 0 Å². The molecule has 0 aromatic heterocycles. The van der Waals surface area contributed by atoms with Crippen molar-refractivity contribution >= 4 is 16.1 Å². The Morgan fingerprint density at radius 3 is 2.16 bits per heavy atom. The molecular weight excluding hydrogens is 276 g/mol. The van der Waals surface area contributed by atoms with Gasteiger partial charge in [-0.1, -0.05) is 0 Å². The van der Waals surface area contributed by atoms with Crippen LogP contribution in [0.1, 0.15) is 6.42 Å². The Kier molecular flexibility index (Phi) is 6.14. The van der Waals surface area contributed by atoms with Crippen molar-refractivity contribution in [2.24, 2.45) is 0 Å². The van der Waals surface area contributed by atoms with Crippen molar-refractivity contribution in [1.82, 2.24) is 9.80 Å². The van der Waals surface area contributed by atoms with Gasteiger partial charge in [-0.2, -0.15) is 8.42 Å². The van der Waals surface area contributed by atoms with E-state index in [2.05, 4.69) is 0 Å². The molecule has 0 saturated carbocycles. The van der Waals surface area contributed by atoms with Gasteiger partial charge in [-0.15, -0.1) is 0 Å². The fourth-order valence-corrected chi connectivity index (χ4v) is 2.63. The molecule has 19 heavy (non-hydrogen) atoms. The Labute approximate surface area is 112 Å². The molecule has 1 aliphatic rings. The SMILES string of the molecule is O=C(O)CCN1CCN(CC(O)CS(=O)(=O)O)CC1. The van der Waals surface area contributed by atoms with E-state index in [-0.39, 0.29) is 13.0 Å². The average Bonchev–Trinajstić information content (AvgIpc) is 2.25. The van der Waals surface area contributed by atoms with Crippen LogP contribution in [0.2, 0.25) is 0 Å². The molecule has 1 saturated heterocycles. The predicted octanol–water partition coefficient (Wildman–Crippen LogP) is -1.67. The predicted molar refractivity (Wildman–Crippen MR) is 67.6 cm³/mol. The lowest BCUT2D eigenvalue weighted by Crippen LogP contribution is -2.49. The molecule has 8 nitrogen and oxygen atoms in total. The largest absolute Gasteiger partial charge is 0.481 e. The monoisotopic (exact) mass is 296 g/mol. The Balaban J connectivity index is 2.24. The van der Waals surface area contributed by atoms with E-state index >= 15 is 0 Å². The summed E-state index contributed by atoms with van der Waals surface area (Å²) in [5, 5.41) is 18.1. The lowest BCUT2D eigenvalue weighted by molar-refractivity contribution is -0.137. The lowest BCUT2D eigenvalue weighted by Gasteiger charge is -2.35. The number of rotatable bonds is 7. The first kappa shape index (κ1) is 16.3. The summed E-state index contributed by atoms with van der Waals surface area (Å²) in [4.78, 5) is 14.3. The minimum absolute atomic E-state index is 0.103. The summed E-state index contributed by atoms with van der Waals surface area (Å²) in [6.45, 7) is 3.34. The van der Waals surface area contributed by atoms with Gasteiger partial charge < -0.3 is 15.1 Å². The van der Waals surface area contributed by atoms with Crippen LogP contribution in [0.15, 0.2) is 0 Å². The van der Waals surface area contributed by atoms with Crippen LogP contribution < -0.4 is 0 Å². The zero-order valence-corrected chi connectivity index (χ0v) is 11.4. The smallest absolute Gasteiger partial charge is 0.304 e. The van der Waals surface area contributed by atoms with Crippen molar-refractivity contribution in [3.8, 4) is 0 Å². The maximum absolute atomic E-state index is 10.6. The second-order valence-corrected chi connectivity index (χ2v) is 6.19. The molecule has 0 amide bonds. The standard InChI is InChI=1S/C10H20N2O6S/c13-9(8-19(16,17)18)7-12-5-3-11(4-6-12)2-1-10(14)15/h9,13H,1-8H2,(H,14,15)(H,16,17,18).